The zero-order valence-corrected chi connectivity index (χ0v) is 22.5. The van der Waals surface area contributed by atoms with Gasteiger partial charge in [0.05, 0.1) is 20.3 Å². The lowest BCUT2D eigenvalue weighted by Crippen LogP contribution is -2.40. The van der Waals surface area contributed by atoms with Crippen molar-refractivity contribution in [3.05, 3.63) is 131 Å². The number of benzene rings is 4. The van der Waals surface area contributed by atoms with Crippen molar-refractivity contribution in [1.82, 2.24) is 0 Å². The van der Waals surface area contributed by atoms with Gasteiger partial charge < -0.3 is 23.7 Å². The number of methoxy groups -OCH3 is 1. The summed E-state index contributed by atoms with van der Waals surface area (Å²) in [6.45, 7) is 1.16. The van der Waals surface area contributed by atoms with E-state index >= 15 is 0 Å². The van der Waals surface area contributed by atoms with Crippen molar-refractivity contribution in [3.8, 4) is 17.2 Å². The fourth-order valence-corrected chi connectivity index (χ4v) is 4.50. The van der Waals surface area contributed by atoms with E-state index in [1.165, 1.54) is 0 Å². The van der Waals surface area contributed by atoms with Crippen LogP contribution in [0.4, 0.5) is 0 Å². The molecule has 1 fully saturated rings. The molecule has 6 heteroatoms. The number of rotatable bonds is 12. The van der Waals surface area contributed by atoms with Gasteiger partial charge in [-0.05, 0) is 47.5 Å². The van der Waals surface area contributed by atoms with Crippen LogP contribution in [0.3, 0.4) is 0 Å². The highest BCUT2D eigenvalue weighted by atomic mass is 16.6. The standard InChI is InChI=1S/C34H32O6/c1-36-30-16-18-31(19-17-30)39-25-34(24-37-22-26-10-4-2-5-11-26)21-29(33(35)40-34)20-28-14-8-9-15-32(28)38-23-27-12-6-3-7-13-27/h2-20H,21-25H2,1H3/b29-20+. The molecule has 0 bridgehead atoms. The van der Waals surface area contributed by atoms with Gasteiger partial charge in [-0.25, -0.2) is 4.79 Å². The van der Waals surface area contributed by atoms with Crippen molar-refractivity contribution >= 4 is 12.0 Å². The molecule has 0 saturated carbocycles. The van der Waals surface area contributed by atoms with Crippen LogP contribution in [0.25, 0.3) is 6.08 Å². The molecule has 5 rings (SSSR count). The molecule has 1 heterocycles. The van der Waals surface area contributed by atoms with Crippen molar-refractivity contribution in [2.75, 3.05) is 20.3 Å². The average Bonchev–Trinajstić information content (AvgIpc) is 3.31. The third-order valence-electron chi connectivity index (χ3n) is 6.61. The lowest BCUT2D eigenvalue weighted by atomic mass is 9.97. The first-order chi connectivity index (χ1) is 19.6. The van der Waals surface area contributed by atoms with Gasteiger partial charge in [0.1, 0.15) is 30.5 Å². The Morgan fingerprint density at radius 3 is 2.05 bits per heavy atom. The smallest absolute Gasteiger partial charge is 0.334 e. The van der Waals surface area contributed by atoms with E-state index in [1.54, 1.807) is 7.11 Å². The highest BCUT2D eigenvalue weighted by Crippen LogP contribution is 2.35. The number of esters is 1. The van der Waals surface area contributed by atoms with Gasteiger partial charge in [0.2, 0.25) is 0 Å². The summed E-state index contributed by atoms with van der Waals surface area (Å²) >= 11 is 0. The Hall–Kier alpha value is -4.55. The first-order valence-corrected chi connectivity index (χ1v) is 13.2. The van der Waals surface area contributed by atoms with Crippen molar-refractivity contribution in [2.24, 2.45) is 0 Å². The second kappa shape index (κ2) is 13.0. The van der Waals surface area contributed by atoms with E-state index in [4.69, 9.17) is 23.7 Å². The van der Waals surface area contributed by atoms with E-state index in [1.807, 2.05) is 115 Å². The van der Waals surface area contributed by atoms with Crippen LogP contribution in [-0.2, 0) is 27.5 Å². The number of hydrogen-bond acceptors (Lipinski definition) is 6. The van der Waals surface area contributed by atoms with Crippen molar-refractivity contribution < 1.29 is 28.5 Å². The van der Waals surface area contributed by atoms with E-state index < -0.39 is 5.60 Å². The molecule has 0 spiro atoms. The molecule has 1 saturated heterocycles. The molecule has 0 radical (unpaired) electrons. The molecular formula is C34H32O6. The maximum absolute atomic E-state index is 13.2. The molecule has 4 aromatic carbocycles. The van der Waals surface area contributed by atoms with Gasteiger partial charge in [-0.2, -0.15) is 0 Å². The Labute approximate surface area is 234 Å². The Balaban J connectivity index is 1.33. The highest BCUT2D eigenvalue weighted by Gasteiger charge is 2.45. The third kappa shape index (κ3) is 7.10. The fraction of sp³-hybridized carbons (Fsp3) is 0.206. The van der Waals surface area contributed by atoms with E-state index in [9.17, 15) is 4.79 Å². The lowest BCUT2D eigenvalue weighted by molar-refractivity contribution is -0.156. The highest BCUT2D eigenvalue weighted by molar-refractivity contribution is 5.96. The Morgan fingerprint density at radius 1 is 0.725 bits per heavy atom. The molecule has 0 amide bonds. The number of para-hydroxylation sites is 1. The molecule has 204 valence electrons. The number of ether oxygens (including phenoxy) is 5. The summed E-state index contributed by atoms with van der Waals surface area (Å²) in [4.78, 5) is 13.2. The van der Waals surface area contributed by atoms with Gasteiger partial charge >= 0.3 is 5.97 Å². The Morgan fingerprint density at radius 2 is 1.35 bits per heavy atom. The molecule has 0 aromatic heterocycles. The lowest BCUT2D eigenvalue weighted by Gasteiger charge is -2.27. The number of carbonyl (C=O) groups is 1. The number of cyclic esters (lactones) is 1. The van der Waals surface area contributed by atoms with Gasteiger partial charge in [0.25, 0.3) is 0 Å². The van der Waals surface area contributed by atoms with Gasteiger partial charge in [0, 0.05) is 17.6 Å². The molecule has 1 atom stereocenters. The van der Waals surface area contributed by atoms with E-state index in [2.05, 4.69) is 0 Å². The van der Waals surface area contributed by atoms with Crippen LogP contribution in [0.1, 0.15) is 23.1 Å². The average molecular weight is 537 g/mol. The molecule has 4 aromatic rings. The van der Waals surface area contributed by atoms with Crippen molar-refractivity contribution in [2.45, 2.75) is 25.2 Å². The molecular weight excluding hydrogens is 504 g/mol. The molecule has 1 aliphatic heterocycles. The molecule has 6 nitrogen and oxygen atoms in total. The van der Waals surface area contributed by atoms with E-state index in [0.29, 0.717) is 36.7 Å². The van der Waals surface area contributed by atoms with Crippen LogP contribution in [0.2, 0.25) is 0 Å². The van der Waals surface area contributed by atoms with E-state index in [-0.39, 0.29) is 19.2 Å². The fourth-order valence-electron chi connectivity index (χ4n) is 4.50. The molecule has 0 N–H and O–H groups in total. The van der Waals surface area contributed by atoms with Crippen LogP contribution in [0, 0.1) is 0 Å². The SMILES string of the molecule is COc1ccc(OCC2(COCc3ccccc3)C/C(=C\c3ccccc3OCc3ccccc3)C(=O)O2)cc1. The summed E-state index contributed by atoms with van der Waals surface area (Å²) in [5.74, 6) is 1.69. The Bertz CT molecular complexity index is 1420. The maximum atomic E-state index is 13.2. The van der Waals surface area contributed by atoms with Crippen molar-refractivity contribution in [3.63, 3.8) is 0 Å². The molecule has 1 aliphatic rings. The van der Waals surface area contributed by atoms with Crippen LogP contribution < -0.4 is 14.2 Å². The number of hydrogen-bond donors (Lipinski definition) is 0. The zero-order valence-electron chi connectivity index (χ0n) is 22.5. The summed E-state index contributed by atoms with van der Waals surface area (Å²) in [5, 5.41) is 0. The first kappa shape index (κ1) is 27.0. The minimum Gasteiger partial charge on any atom is -0.497 e. The summed E-state index contributed by atoms with van der Waals surface area (Å²) in [6.07, 6.45) is 2.18. The molecule has 40 heavy (non-hydrogen) atoms. The van der Waals surface area contributed by atoms with Gasteiger partial charge in [-0.1, -0.05) is 78.9 Å². The zero-order chi connectivity index (χ0) is 27.6. The third-order valence-corrected chi connectivity index (χ3v) is 6.61. The summed E-state index contributed by atoms with van der Waals surface area (Å²) in [7, 11) is 1.62. The normalized spacial score (nSPS) is 17.4. The van der Waals surface area contributed by atoms with E-state index in [0.717, 1.165) is 22.4 Å². The Kier molecular flexibility index (Phi) is 8.79. The second-order valence-corrected chi connectivity index (χ2v) is 9.67. The number of carbonyl (C=O) groups excluding carboxylic acids is 1. The van der Waals surface area contributed by atoms with Gasteiger partial charge in [-0.3, -0.25) is 0 Å². The molecule has 0 aliphatic carbocycles. The van der Waals surface area contributed by atoms with Crippen LogP contribution in [-0.4, -0.2) is 31.9 Å². The summed E-state index contributed by atoms with van der Waals surface area (Å²) in [5.41, 5.74) is 2.48. The van der Waals surface area contributed by atoms with Gasteiger partial charge in [0.15, 0.2) is 5.60 Å². The predicted octanol–water partition coefficient (Wildman–Crippen LogP) is 6.64. The van der Waals surface area contributed by atoms with Crippen LogP contribution in [0.5, 0.6) is 17.2 Å². The second-order valence-electron chi connectivity index (χ2n) is 9.67. The summed E-state index contributed by atoms with van der Waals surface area (Å²) in [6, 6.07) is 34.8. The van der Waals surface area contributed by atoms with Crippen LogP contribution in [0.15, 0.2) is 115 Å². The maximum Gasteiger partial charge on any atom is 0.334 e. The minimum atomic E-state index is -0.975. The summed E-state index contributed by atoms with van der Waals surface area (Å²) < 4.78 is 29.5. The van der Waals surface area contributed by atoms with Crippen LogP contribution >= 0.6 is 0 Å². The topological polar surface area (TPSA) is 63.2 Å². The first-order valence-electron chi connectivity index (χ1n) is 13.2. The van der Waals surface area contributed by atoms with Gasteiger partial charge in [-0.15, -0.1) is 0 Å². The molecule has 1 unspecified atom stereocenters. The quantitative estimate of drug-likeness (QED) is 0.149. The monoisotopic (exact) mass is 536 g/mol. The predicted molar refractivity (Wildman–Crippen MR) is 153 cm³/mol. The minimum absolute atomic E-state index is 0.142. The van der Waals surface area contributed by atoms with Crippen molar-refractivity contribution in [1.29, 1.82) is 0 Å². The largest absolute Gasteiger partial charge is 0.497 e.